The number of anilines is 1. The normalized spacial score (nSPS) is 12.6. The van der Waals surface area contributed by atoms with Gasteiger partial charge in [-0.25, -0.2) is 0 Å². The van der Waals surface area contributed by atoms with Crippen LogP contribution in [0.3, 0.4) is 0 Å². The van der Waals surface area contributed by atoms with Gasteiger partial charge in [0.05, 0.1) is 29.1 Å². The summed E-state index contributed by atoms with van der Waals surface area (Å²) in [6.45, 7) is 0. The van der Waals surface area contributed by atoms with Crippen LogP contribution in [-0.2, 0) is 0 Å². The lowest BCUT2D eigenvalue weighted by Gasteiger charge is -2.29. The third kappa shape index (κ3) is 5.39. The van der Waals surface area contributed by atoms with E-state index >= 15 is 0 Å². The highest BCUT2D eigenvalue weighted by molar-refractivity contribution is 6.42. The van der Waals surface area contributed by atoms with E-state index in [1.165, 1.54) is 0 Å². The van der Waals surface area contributed by atoms with Crippen molar-refractivity contribution in [1.29, 1.82) is 0 Å². The van der Waals surface area contributed by atoms with Crippen molar-refractivity contribution >= 4 is 34.7 Å². The number of hydrogen-bond acceptors (Lipinski definition) is 3. The molecule has 0 radical (unpaired) electrons. The first-order valence-corrected chi connectivity index (χ1v) is 11.3. The molecule has 4 aromatic rings. The van der Waals surface area contributed by atoms with Crippen LogP contribution in [0.2, 0.25) is 10.0 Å². The molecule has 0 spiro atoms. The Morgan fingerprint density at radius 2 is 1.42 bits per heavy atom. The average molecular weight is 476 g/mol. The van der Waals surface area contributed by atoms with E-state index in [-0.39, 0.29) is 5.78 Å². The molecule has 4 aromatic carbocycles. The van der Waals surface area contributed by atoms with Crippen LogP contribution in [0.5, 0.6) is 5.75 Å². The van der Waals surface area contributed by atoms with Crippen LogP contribution in [0.25, 0.3) is 0 Å². The topological polar surface area (TPSA) is 38.3 Å². The molecule has 3 nitrogen and oxygen atoms in total. The van der Waals surface area contributed by atoms with Gasteiger partial charge in [-0.2, -0.15) is 0 Å². The number of benzene rings is 4. The summed E-state index contributed by atoms with van der Waals surface area (Å²) in [5.74, 6) is 0.227. The fourth-order valence-corrected chi connectivity index (χ4v) is 4.20. The zero-order valence-electron chi connectivity index (χ0n) is 18.0. The lowest BCUT2D eigenvalue weighted by Crippen LogP contribution is -2.26. The van der Waals surface area contributed by atoms with Gasteiger partial charge in [-0.1, -0.05) is 96.0 Å². The van der Waals surface area contributed by atoms with Crippen molar-refractivity contribution in [2.24, 2.45) is 0 Å². The number of ketones is 1. The highest BCUT2D eigenvalue weighted by Crippen LogP contribution is 2.38. The molecule has 2 unspecified atom stereocenters. The molecular formula is C28H23Cl2NO2. The van der Waals surface area contributed by atoms with Gasteiger partial charge in [-0.15, -0.1) is 0 Å². The maximum Gasteiger partial charge on any atom is 0.172 e. The first kappa shape index (κ1) is 22.9. The molecule has 0 amide bonds. The summed E-state index contributed by atoms with van der Waals surface area (Å²) in [5.41, 5.74) is 3.24. The summed E-state index contributed by atoms with van der Waals surface area (Å²) in [5, 5.41) is 4.46. The van der Waals surface area contributed by atoms with Gasteiger partial charge in [0.25, 0.3) is 0 Å². The lowest BCUT2D eigenvalue weighted by atomic mass is 9.81. The summed E-state index contributed by atoms with van der Waals surface area (Å²) in [4.78, 5) is 13.9. The highest BCUT2D eigenvalue weighted by atomic mass is 35.5. The monoisotopic (exact) mass is 475 g/mol. The van der Waals surface area contributed by atoms with E-state index in [1.54, 1.807) is 19.2 Å². The van der Waals surface area contributed by atoms with Gasteiger partial charge in [-0.3, -0.25) is 4.79 Å². The molecular weight excluding hydrogens is 453 g/mol. The Morgan fingerprint density at radius 3 is 2.09 bits per heavy atom. The van der Waals surface area contributed by atoms with Crippen LogP contribution in [0.15, 0.2) is 103 Å². The Balaban J connectivity index is 1.86. The molecule has 166 valence electrons. The fourth-order valence-electron chi connectivity index (χ4n) is 3.90. The van der Waals surface area contributed by atoms with Crippen LogP contribution in [-0.4, -0.2) is 12.9 Å². The van der Waals surface area contributed by atoms with E-state index in [2.05, 4.69) is 5.32 Å². The first-order chi connectivity index (χ1) is 16.1. The van der Waals surface area contributed by atoms with E-state index in [1.807, 2.05) is 91.0 Å². The summed E-state index contributed by atoms with van der Waals surface area (Å²) >= 11 is 12.4. The number of rotatable bonds is 8. The standard InChI is InChI=1S/C28H23Cl2NO2/c1-33-23-14-8-13-21(17-23)27(31-22-15-16-24(29)25(30)18-22)26(19-9-4-2-5-10-19)28(32)20-11-6-3-7-12-20/h2-18,26-27,31H,1H3. The predicted molar refractivity (Wildman–Crippen MR) is 136 cm³/mol. The van der Waals surface area contributed by atoms with E-state index in [4.69, 9.17) is 27.9 Å². The van der Waals surface area contributed by atoms with Crippen molar-refractivity contribution in [2.45, 2.75) is 12.0 Å². The summed E-state index contributed by atoms with van der Waals surface area (Å²) in [6, 6.07) is 31.9. The predicted octanol–water partition coefficient (Wildman–Crippen LogP) is 7.82. The van der Waals surface area contributed by atoms with Gasteiger partial charge in [-0.05, 0) is 41.5 Å². The second-order valence-corrected chi connectivity index (χ2v) is 8.46. The molecule has 0 saturated carbocycles. The number of Topliss-reactive ketones (excluding diaryl/α,β-unsaturated/α-hetero) is 1. The van der Waals surface area contributed by atoms with Crippen molar-refractivity contribution in [3.05, 3.63) is 130 Å². The largest absolute Gasteiger partial charge is 0.497 e. The van der Waals surface area contributed by atoms with Crippen molar-refractivity contribution < 1.29 is 9.53 Å². The molecule has 4 rings (SSSR count). The summed E-state index contributed by atoms with van der Waals surface area (Å²) in [7, 11) is 1.63. The molecule has 33 heavy (non-hydrogen) atoms. The second-order valence-electron chi connectivity index (χ2n) is 7.65. The molecule has 0 saturated heterocycles. The molecule has 0 aliphatic rings. The molecule has 0 heterocycles. The molecule has 0 aliphatic heterocycles. The zero-order chi connectivity index (χ0) is 23.2. The number of hydrogen-bond donors (Lipinski definition) is 1. The highest BCUT2D eigenvalue weighted by Gasteiger charge is 2.32. The Kier molecular flexibility index (Phi) is 7.33. The molecule has 0 bridgehead atoms. The number of methoxy groups -OCH3 is 1. The Labute approximate surface area is 203 Å². The minimum atomic E-state index is -0.504. The van der Waals surface area contributed by atoms with Crippen LogP contribution in [0.1, 0.15) is 33.4 Å². The van der Waals surface area contributed by atoms with Gasteiger partial charge < -0.3 is 10.1 Å². The van der Waals surface area contributed by atoms with E-state index < -0.39 is 12.0 Å². The molecule has 0 fully saturated rings. The average Bonchev–Trinajstić information content (AvgIpc) is 2.87. The Morgan fingerprint density at radius 1 is 0.758 bits per heavy atom. The maximum absolute atomic E-state index is 13.9. The summed E-state index contributed by atoms with van der Waals surface area (Å²) in [6.07, 6.45) is 0. The van der Waals surface area contributed by atoms with E-state index in [0.29, 0.717) is 21.4 Å². The van der Waals surface area contributed by atoms with Crippen molar-refractivity contribution in [3.8, 4) is 5.75 Å². The minimum Gasteiger partial charge on any atom is -0.497 e. The maximum atomic E-state index is 13.9. The third-order valence-corrected chi connectivity index (χ3v) is 6.27. The van der Waals surface area contributed by atoms with Crippen molar-refractivity contribution in [2.75, 3.05) is 12.4 Å². The number of carbonyl (C=O) groups excluding carboxylic acids is 1. The first-order valence-electron chi connectivity index (χ1n) is 10.6. The van der Waals surface area contributed by atoms with Gasteiger partial charge in [0, 0.05) is 11.3 Å². The molecule has 0 aliphatic carbocycles. The minimum absolute atomic E-state index is 0.0159. The third-order valence-electron chi connectivity index (χ3n) is 5.53. The van der Waals surface area contributed by atoms with Gasteiger partial charge >= 0.3 is 0 Å². The van der Waals surface area contributed by atoms with Gasteiger partial charge in [0.15, 0.2) is 5.78 Å². The smallest absolute Gasteiger partial charge is 0.172 e. The molecule has 0 aromatic heterocycles. The SMILES string of the molecule is COc1cccc(C(Nc2ccc(Cl)c(Cl)c2)C(C(=O)c2ccccc2)c2ccccc2)c1. The number of nitrogens with one attached hydrogen (secondary N) is 1. The van der Waals surface area contributed by atoms with Gasteiger partial charge in [0.2, 0.25) is 0 Å². The van der Waals surface area contributed by atoms with Crippen molar-refractivity contribution in [3.63, 3.8) is 0 Å². The molecule has 1 N–H and O–H groups in total. The zero-order valence-corrected chi connectivity index (χ0v) is 19.6. The quantitative estimate of drug-likeness (QED) is 0.264. The van der Waals surface area contributed by atoms with Crippen LogP contribution >= 0.6 is 23.2 Å². The Hall–Kier alpha value is -3.27. The fraction of sp³-hybridized carbons (Fsp3) is 0.107. The van der Waals surface area contributed by atoms with E-state index in [0.717, 1.165) is 16.8 Å². The second kappa shape index (κ2) is 10.6. The van der Waals surface area contributed by atoms with E-state index in [9.17, 15) is 4.79 Å². The molecule has 2 atom stereocenters. The van der Waals surface area contributed by atoms with Crippen molar-refractivity contribution in [1.82, 2.24) is 0 Å². The van der Waals surface area contributed by atoms with Gasteiger partial charge in [0.1, 0.15) is 5.75 Å². The number of ether oxygens (including phenoxy) is 1. The Bertz CT molecular complexity index is 1230. The van der Waals surface area contributed by atoms with Crippen LogP contribution in [0.4, 0.5) is 5.69 Å². The number of carbonyl (C=O) groups is 1. The van der Waals surface area contributed by atoms with Crippen LogP contribution in [0, 0.1) is 0 Å². The number of halogens is 2. The summed E-state index contributed by atoms with van der Waals surface area (Å²) < 4.78 is 5.47. The molecule has 5 heteroatoms. The van der Waals surface area contributed by atoms with Crippen LogP contribution < -0.4 is 10.1 Å². The lowest BCUT2D eigenvalue weighted by molar-refractivity contribution is 0.0950.